The molecule has 0 aliphatic carbocycles. The number of benzene rings is 5. The summed E-state index contributed by atoms with van der Waals surface area (Å²) in [6.45, 7) is 0. The van der Waals surface area contributed by atoms with Gasteiger partial charge in [0.05, 0.1) is 44.3 Å². The van der Waals surface area contributed by atoms with Gasteiger partial charge in [0, 0.05) is 23.3 Å². The van der Waals surface area contributed by atoms with Crippen LogP contribution in [0.15, 0.2) is 124 Å². The van der Waals surface area contributed by atoms with Crippen molar-refractivity contribution in [2.24, 2.45) is 4.99 Å². The van der Waals surface area contributed by atoms with E-state index in [4.69, 9.17) is 39.5 Å². The van der Waals surface area contributed by atoms with Crippen molar-refractivity contribution in [1.82, 2.24) is 9.66 Å². The summed E-state index contributed by atoms with van der Waals surface area (Å²) in [5, 5.41) is 4.65. The van der Waals surface area contributed by atoms with Crippen LogP contribution in [0.25, 0.3) is 10.9 Å². The first-order chi connectivity index (χ1) is 23.1. The second kappa shape index (κ2) is 14.1. The molecule has 0 aliphatic rings. The Morgan fingerprint density at radius 3 is 2.29 bits per heavy atom. The third-order valence-corrected chi connectivity index (χ3v) is 9.51. The highest BCUT2D eigenvalue weighted by atomic mass is 35.5. The first-order valence-electron chi connectivity index (χ1n) is 14.4. The lowest BCUT2D eigenvalue weighted by atomic mass is 10.1. The summed E-state index contributed by atoms with van der Waals surface area (Å²) in [6.07, 6.45) is 1.71. The van der Waals surface area contributed by atoms with E-state index in [1.807, 2.05) is 48.5 Å². The Balaban J connectivity index is 1.33. The highest BCUT2D eigenvalue weighted by Gasteiger charge is 2.21. The molecule has 0 amide bonds. The van der Waals surface area contributed by atoms with Gasteiger partial charge in [0.1, 0.15) is 11.6 Å². The van der Waals surface area contributed by atoms with Gasteiger partial charge in [-0.15, -0.1) is 0 Å². The van der Waals surface area contributed by atoms with Gasteiger partial charge in [0.15, 0.2) is 0 Å². The van der Waals surface area contributed by atoms with Crippen molar-refractivity contribution in [1.29, 1.82) is 0 Å². The van der Waals surface area contributed by atoms with Gasteiger partial charge in [-0.1, -0.05) is 59.1 Å². The minimum absolute atomic E-state index is 0.0461. The average molecular weight is 719 g/mol. The van der Waals surface area contributed by atoms with Crippen molar-refractivity contribution in [3.8, 4) is 5.75 Å². The van der Waals surface area contributed by atoms with E-state index in [-0.39, 0.29) is 22.5 Å². The molecule has 5 aromatic carbocycles. The number of para-hydroxylation sites is 2. The van der Waals surface area contributed by atoms with Crippen molar-refractivity contribution >= 4 is 79.0 Å². The lowest BCUT2D eigenvalue weighted by Crippen LogP contribution is -2.36. The maximum absolute atomic E-state index is 13.8. The van der Waals surface area contributed by atoms with Crippen LogP contribution < -0.4 is 20.4 Å². The third-order valence-electron chi connectivity index (χ3n) is 7.33. The number of methoxy groups -OCH3 is 1. The van der Waals surface area contributed by atoms with Gasteiger partial charge in [0.2, 0.25) is 0 Å². The Labute approximate surface area is 291 Å². The summed E-state index contributed by atoms with van der Waals surface area (Å²) < 4.78 is 33.5. The van der Waals surface area contributed by atoms with Crippen LogP contribution in [-0.4, -0.2) is 31.4 Å². The maximum Gasteiger partial charge on any atom is 0.280 e. The van der Waals surface area contributed by atoms with E-state index >= 15 is 0 Å². The Bertz CT molecular complexity index is 2310. The Hall–Kier alpha value is -4.87. The van der Waals surface area contributed by atoms with Crippen LogP contribution >= 0.6 is 34.8 Å². The summed E-state index contributed by atoms with van der Waals surface area (Å²) in [5.41, 5.74) is 2.91. The molecule has 13 heteroatoms. The lowest BCUT2D eigenvalue weighted by Gasteiger charge is -2.18. The molecule has 0 spiro atoms. The molecule has 0 fully saturated rings. The van der Waals surface area contributed by atoms with Crippen LogP contribution in [0.1, 0.15) is 17.0 Å². The number of aromatic nitrogens is 2. The van der Waals surface area contributed by atoms with E-state index in [0.29, 0.717) is 43.2 Å². The largest absolute Gasteiger partial charge is 0.497 e. The molecular formula is C35H26Cl3N5O4S. The van der Waals surface area contributed by atoms with Crippen molar-refractivity contribution in [2.45, 2.75) is 11.3 Å². The van der Waals surface area contributed by atoms with E-state index in [2.05, 4.69) is 20.1 Å². The molecule has 1 heterocycles. The Morgan fingerprint density at radius 2 is 1.58 bits per heavy atom. The number of ether oxygens (including phenoxy) is 1. The number of fused-ring (bicyclic) bond motifs is 1. The third kappa shape index (κ3) is 7.32. The van der Waals surface area contributed by atoms with E-state index < -0.39 is 15.6 Å². The number of nitrogens with one attached hydrogen (secondary N) is 2. The van der Waals surface area contributed by atoms with Crippen molar-refractivity contribution in [3.63, 3.8) is 0 Å². The standard InChI is InChI=1S/C35H26Cl3N5O4S/c1-47-26-14-9-22(10-15-26)21-39-25-12-16-27(17-13-25)48(45,46)42-43-33(40-32-20-24(36)11-18-28(32)35(43)44)19-23-5-2-3-8-31(23)41-34-29(37)6-4-7-30(34)38/h2-18,20-21,41-42H,19H2,1H3. The SMILES string of the molecule is COc1ccc(C=Nc2ccc(S(=O)(=O)Nn3c(Cc4ccccc4Nc4c(Cl)cccc4Cl)nc4cc(Cl)ccc4c3=O)cc2)cc1. The van der Waals surface area contributed by atoms with Gasteiger partial charge in [-0.05, 0) is 96.1 Å². The summed E-state index contributed by atoms with van der Waals surface area (Å²) in [4.78, 5) is 25.3. The van der Waals surface area contributed by atoms with Gasteiger partial charge in [-0.2, -0.15) is 13.1 Å². The summed E-state index contributed by atoms with van der Waals surface area (Å²) in [6, 6.07) is 30.3. The molecule has 2 N–H and O–H groups in total. The maximum atomic E-state index is 13.8. The number of aliphatic imine (C=N–C) groups is 1. The van der Waals surface area contributed by atoms with Crippen LogP contribution in [0.4, 0.5) is 17.1 Å². The van der Waals surface area contributed by atoms with Crippen molar-refractivity contribution in [2.75, 3.05) is 17.3 Å². The molecule has 48 heavy (non-hydrogen) atoms. The van der Waals surface area contributed by atoms with Gasteiger partial charge in [-0.3, -0.25) is 9.79 Å². The van der Waals surface area contributed by atoms with Crippen LogP contribution in [0, 0.1) is 0 Å². The number of hydrogen-bond donors (Lipinski definition) is 2. The molecule has 6 rings (SSSR count). The summed E-state index contributed by atoms with van der Waals surface area (Å²) in [7, 11) is -2.67. The minimum Gasteiger partial charge on any atom is -0.497 e. The summed E-state index contributed by atoms with van der Waals surface area (Å²) in [5.74, 6) is 0.850. The molecule has 0 bridgehead atoms. The molecule has 242 valence electrons. The molecule has 0 radical (unpaired) electrons. The van der Waals surface area contributed by atoms with E-state index in [1.54, 1.807) is 55.8 Å². The molecular weight excluding hydrogens is 693 g/mol. The van der Waals surface area contributed by atoms with Gasteiger partial charge in [0.25, 0.3) is 15.6 Å². The van der Waals surface area contributed by atoms with Crippen LogP contribution in [0.5, 0.6) is 5.75 Å². The number of nitrogens with zero attached hydrogens (tertiary/aromatic N) is 3. The van der Waals surface area contributed by atoms with Gasteiger partial charge < -0.3 is 10.1 Å². The topological polar surface area (TPSA) is 115 Å². The molecule has 0 atom stereocenters. The van der Waals surface area contributed by atoms with Crippen LogP contribution in [0.3, 0.4) is 0 Å². The smallest absolute Gasteiger partial charge is 0.280 e. The predicted molar refractivity (Wildman–Crippen MR) is 193 cm³/mol. The molecule has 9 nitrogen and oxygen atoms in total. The normalized spacial score (nSPS) is 11.6. The minimum atomic E-state index is -4.26. The Morgan fingerprint density at radius 1 is 0.875 bits per heavy atom. The zero-order valence-corrected chi connectivity index (χ0v) is 28.3. The number of halogens is 3. The second-order valence-electron chi connectivity index (χ2n) is 10.5. The predicted octanol–water partition coefficient (Wildman–Crippen LogP) is 8.38. The average Bonchev–Trinajstić information content (AvgIpc) is 3.08. The quantitative estimate of drug-likeness (QED) is 0.138. The highest BCUT2D eigenvalue weighted by Crippen LogP contribution is 2.34. The van der Waals surface area contributed by atoms with E-state index in [0.717, 1.165) is 16.0 Å². The molecule has 0 aliphatic heterocycles. The zero-order chi connectivity index (χ0) is 33.8. The van der Waals surface area contributed by atoms with Crippen LogP contribution in [-0.2, 0) is 16.4 Å². The second-order valence-corrected chi connectivity index (χ2v) is 13.4. The lowest BCUT2D eigenvalue weighted by molar-refractivity contribution is 0.415. The first-order valence-corrected chi connectivity index (χ1v) is 17.0. The fourth-order valence-electron chi connectivity index (χ4n) is 4.86. The van der Waals surface area contributed by atoms with E-state index in [9.17, 15) is 13.2 Å². The number of sulfonamides is 1. The highest BCUT2D eigenvalue weighted by molar-refractivity contribution is 7.92. The first kappa shape index (κ1) is 33.0. The molecule has 1 aromatic heterocycles. The monoisotopic (exact) mass is 717 g/mol. The fraction of sp³-hybridized carbons (Fsp3) is 0.0571. The van der Waals surface area contributed by atoms with Crippen LogP contribution in [0.2, 0.25) is 15.1 Å². The number of hydrogen-bond acceptors (Lipinski definition) is 7. The number of rotatable bonds is 10. The molecule has 0 saturated heterocycles. The van der Waals surface area contributed by atoms with Gasteiger partial charge in [-0.25, -0.2) is 9.82 Å². The van der Waals surface area contributed by atoms with E-state index in [1.165, 1.54) is 18.2 Å². The fourth-order valence-corrected chi connectivity index (χ4v) is 6.55. The number of anilines is 2. The van der Waals surface area contributed by atoms with Gasteiger partial charge >= 0.3 is 0 Å². The van der Waals surface area contributed by atoms with Crippen molar-refractivity contribution in [3.05, 3.63) is 152 Å². The molecule has 0 unspecified atom stereocenters. The molecule has 0 saturated carbocycles. The zero-order valence-electron chi connectivity index (χ0n) is 25.2. The molecule has 6 aromatic rings. The summed E-state index contributed by atoms with van der Waals surface area (Å²) >= 11 is 19.0. The van der Waals surface area contributed by atoms with Crippen molar-refractivity contribution < 1.29 is 13.2 Å². The Kier molecular flexibility index (Phi) is 9.70.